The van der Waals surface area contributed by atoms with Crippen LogP contribution in [0.1, 0.15) is 13.8 Å². The third-order valence-electron chi connectivity index (χ3n) is 1.64. The first-order valence-corrected chi connectivity index (χ1v) is 6.28. The Morgan fingerprint density at radius 1 is 1.07 bits per heavy atom. The van der Waals surface area contributed by atoms with E-state index in [4.69, 9.17) is 5.11 Å². The number of phenolic OH excluding ortho intramolecular Hbond substituents is 1. The topological polar surface area (TPSA) is 54.4 Å². The van der Waals surface area contributed by atoms with Crippen molar-refractivity contribution in [3.05, 3.63) is 30.3 Å². The lowest BCUT2D eigenvalue weighted by atomic mass is 10.3. The van der Waals surface area contributed by atoms with E-state index in [1.807, 2.05) is 6.07 Å². The van der Waals surface area contributed by atoms with Crippen LogP contribution in [0.25, 0.3) is 0 Å². The molecule has 0 amide bonds. The van der Waals surface area contributed by atoms with Crippen molar-refractivity contribution in [1.29, 1.82) is 0 Å². The van der Waals surface area contributed by atoms with E-state index in [0.717, 1.165) is 0 Å². The van der Waals surface area contributed by atoms with Crippen LogP contribution < -0.4 is 0 Å². The molecule has 0 fully saturated rings. The van der Waals surface area contributed by atoms with Gasteiger partial charge >= 0.3 is 0 Å². The Labute approximate surface area is 85.3 Å². The third-order valence-corrected chi connectivity index (χ3v) is 3.40. The highest BCUT2D eigenvalue weighted by atomic mass is 32.2. The summed E-state index contributed by atoms with van der Waals surface area (Å²) in [6, 6.07) is 8.71. The highest BCUT2D eigenvalue weighted by molar-refractivity contribution is 7.91. The monoisotopic (exact) mass is 216 g/mol. The van der Waals surface area contributed by atoms with Gasteiger partial charge in [0.05, 0.1) is 0 Å². The number of sulfone groups is 1. The van der Waals surface area contributed by atoms with Gasteiger partial charge in [0.15, 0.2) is 0 Å². The van der Waals surface area contributed by atoms with Crippen molar-refractivity contribution in [2.75, 3.05) is 11.5 Å². The zero-order chi connectivity index (χ0) is 11.0. The molecule has 0 unspecified atom stereocenters. The van der Waals surface area contributed by atoms with Gasteiger partial charge in [0.1, 0.15) is 15.6 Å². The molecule has 1 aromatic carbocycles. The van der Waals surface area contributed by atoms with Crippen LogP contribution in [0, 0.1) is 0 Å². The molecule has 80 valence electrons. The lowest BCUT2D eigenvalue weighted by molar-refractivity contribution is 0.475. The Kier molecular flexibility index (Phi) is 5.95. The number of hydrogen-bond acceptors (Lipinski definition) is 3. The summed E-state index contributed by atoms with van der Waals surface area (Å²) in [7, 11) is -2.66. The van der Waals surface area contributed by atoms with Crippen LogP contribution in [0.3, 0.4) is 0 Å². The average molecular weight is 216 g/mol. The predicted octanol–water partition coefficient (Wildman–Crippen LogP) is 1.83. The largest absolute Gasteiger partial charge is 0.508 e. The van der Waals surface area contributed by atoms with Gasteiger partial charge in [-0.2, -0.15) is 0 Å². The van der Waals surface area contributed by atoms with E-state index >= 15 is 0 Å². The standard InChI is InChI=1S/C6H6O.C4H10O2S/c7-6-4-2-1-3-5-6;1-3-7(5,6)4-2/h1-5,7H;3-4H2,1-2H3. The molecule has 0 aliphatic carbocycles. The van der Waals surface area contributed by atoms with Crippen LogP contribution in [-0.4, -0.2) is 25.0 Å². The average Bonchev–Trinajstić information content (AvgIpc) is 2.20. The van der Waals surface area contributed by atoms with Gasteiger partial charge in [-0.3, -0.25) is 0 Å². The zero-order valence-electron chi connectivity index (χ0n) is 8.47. The normalized spacial score (nSPS) is 10.1. The highest BCUT2D eigenvalue weighted by Gasteiger charge is 1.99. The molecule has 0 aliphatic heterocycles. The quantitative estimate of drug-likeness (QED) is 0.820. The first-order chi connectivity index (χ1) is 6.52. The van der Waals surface area contributed by atoms with E-state index in [2.05, 4.69) is 0 Å². The predicted molar refractivity (Wildman–Crippen MR) is 58.1 cm³/mol. The summed E-state index contributed by atoms with van der Waals surface area (Å²) in [5, 5.41) is 8.63. The second kappa shape index (κ2) is 6.43. The van der Waals surface area contributed by atoms with Crippen LogP contribution in [0.2, 0.25) is 0 Å². The maximum atomic E-state index is 10.4. The van der Waals surface area contributed by atoms with E-state index in [-0.39, 0.29) is 11.5 Å². The van der Waals surface area contributed by atoms with Crippen molar-refractivity contribution in [3.8, 4) is 5.75 Å². The summed E-state index contributed by atoms with van der Waals surface area (Å²) in [4.78, 5) is 0. The van der Waals surface area contributed by atoms with Crippen molar-refractivity contribution >= 4 is 9.84 Å². The number of phenols is 1. The number of hydrogen-bond donors (Lipinski definition) is 1. The fraction of sp³-hybridized carbons (Fsp3) is 0.400. The molecular formula is C10H16O3S. The molecule has 3 nitrogen and oxygen atoms in total. The van der Waals surface area contributed by atoms with E-state index in [9.17, 15) is 8.42 Å². The van der Waals surface area contributed by atoms with Gasteiger partial charge in [-0.1, -0.05) is 32.0 Å². The molecule has 0 aliphatic rings. The Morgan fingerprint density at radius 3 is 1.64 bits per heavy atom. The Morgan fingerprint density at radius 2 is 1.50 bits per heavy atom. The van der Waals surface area contributed by atoms with Gasteiger partial charge in [0.2, 0.25) is 0 Å². The highest BCUT2D eigenvalue weighted by Crippen LogP contribution is 2.02. The van der Waals surface area contributed by atoms with Gasteiger partial charge in [-0.25, -0.2) is 8.42 Å². The summed E-state index contributed by atoms with van der Waals surface area (Å²) in [6.45, 7) is 3.30. The molecular weight excluding hydrogens is 200 g/mol. The lowest BCUT2D eigenvalue weighted by Gasteiger charge is -1.89. The summed E-state index contributed by atoms with van der Waals surface area (Å²) in [5.41, 5.74) is 0. The van der Waals surface area contributed by atoms with E-state index in [1.165, 1.54) is 0 Å². The summed E-state index contributed by atoms with van der Waals surface area (Å²) < 4.78 is 20.7. The minimum Gasteiger partial charge on any atom is -0.508 e. The van der Waals surface area contributed by atoms with E-state index < -0.39 is 9.84 Å². The Hall–Kier alpha value is -1.03. The molecule has 0 saturated heterocycles. The van der Waals surface area contributed by atoms with E-state index in [1.54, 1.807) is 38.1 Å². The second-order valence-corrected chi connectivity index (χ2v) is 5.30. The van der Waals surface area contributed by atoms with Crippen molar-refractivity contribution < 1.29 is 13.5 Å². The molecule has 0 spiro atoms. The van der Waals surface area contributed by atoms with Crippen LogP contribution in [0.5, 0.6) is 5.75 Å². The van der Waals surface area contributed by atoms with Crippen molar-refractivity contribution in [2.45, 2.75) is 13.8 Å². The van der Waals surface area contributed by atoms with Gasteiger partial charge in [-0.15, -0.1) is 0 Å². The summed E-state index contributed by atoms with van der Waals surface area (Å²) in [5.74, 6) is 0.856. The molecule has 0 radical (unpaired) electrons. The molecule has 1 aromatic rings. The first-order valence-electron chi connectivity index (χ1n) is 4.46. The second-order valence-electron chi connectivity index (χ2n) is 2.66. The fourth-order valence-electron chi connectivity index (χ4n) is 0.632. The molecule has 4 heteroatoms. The lowest BCUT2D eigenvalue weighted by Crippen LogP contribution is -2.04. The number of benzene rings is 1. The summed E-state index contributed by atoms with van der Waals surface area (Å²) in [6.07, 6.45) is 0. The molecule has 0 aromatic heterocycles. The molecule has 0 bridgehead atoms. The molecule has 14 heavy (non-hydrogen) atoms. The van der Waals surface area contributed by atoms with Crippen LogP contribution in [0.4, 0.5) is 0 Å². The SMILES string of the molecule is CCS(=O)(=O)CC.Oc1ccccc1. The maximum absolute atomic E-state index is 10.4. The smallest absolute Gasteiger partial charge is 0.149 e. The van der Waals surface area contributed by atoms with Crippen LogP contribution >= 0.6 is 0 Å². The number of para-hydroxylation sites is 1. The zero-order valence-corrected chi connectivity index (χ0v) is 9.29. The maximum Gasteiger partial charge on any atom is 0.149 e. The molecule has 0 saturated carbocycles. The Balaban J connectivity index is 0.000000241. The minimum atomic E-state index is -2.66. The molecule has 1 N–H and O–H groups in total. The molecule has 0 atom stereocenters. The van der Waals surface area contributed by atoms with Gasteiger partial charge in [0, 0.05) is 11.5 Å². The first kappa shape index (κ1) is 13.0. The van der Waals surface area contributed by atoms with Crippen molar-refractivity contribution in [2.24, 2.45) is 0 Å². The fourth-order valence-corrected chi connectivity index (χ4v) is 1.04. The minimum absolute atomic E-state index is 0.267. The van der Waals surface area contributed by atoms with Gasteiger partial charge in [0.25, 0.3) is 0 Å². The van der Waals surface area contributed by atoms with Crippen molar-refractivity contribution in [1.82, 2.24) is 0 Å². The molecule has 0 heterocycles. The molecule has 1 rings (SSSR count). The van der Waals surface area contributed by atoms with Gasteiger partial charge in [-0.05, 0) is 12.1 Å². The third kappa shape index (κ3) is 6.48. The number of rotatable bonds is 2. The van der Waals surface area contributed by atoms with Crippen LogP contribution in [-0.2, 0) is 9.84 Å². The van der Waals surface area contributed by atoms with Gasteiger partial charge < -0.3 is 5.11 Å². The van der Waals surface area contributed by atoms with Crippen LogP contribution in [0.15, 0.2) is 30.3 Å². The van der Waals surface area contributed by atoms with E-state index in [0.29, 0.717) is 5.75 Å². The number of aromatic hydroxyl groups is 1. The van der Waals surface area contributed by atoms with Crippen molar-refractivity contribution in [3.63, 3.8) is 0 Å². The summed E-state index contributed by atoms with van der Waals surface area (Å²) >= 11 is 0. The Bertz CT molecular complexity index is 320.